The fourth-order valence-corrected chi connectivity index (χ4v) is 10.4. The van der Waals surface area contributed by atoms with Gasteiger partial charge in [0.25, 0.3) is 0 Å². The van der Waals surface area contributed by atoms with Crippen LogP contribution in [-0.2, 0) is 0 Å². The quantitative estimate of drug-likeness (QED) is 0.351. The van der Waals surface area contributed by atoms with Crippen LogP contribution in [0.1, 0.15) is 130 Å². The van der Waals surface area contributed by atoms with Gasteiger partial charge in [-0.15, -0.1) is 0 Å². The highest BCUT2D eigenvalue weighted by atomic mass is 14.5. The third-order valence-electron chi connectivity index (χ3n) is 13.0. The van der Waals surface area contributed by atoms with Crippen molar-refractivity contribution < 1.29 is 0 Å². The molecule has 0 aromatic rings. The summed E-state index contributed by atoms with van der Waals surface area (Å²) in [5.41, 5.74) is 0. The van der Waals surface area contributed by atoms with Gasteiger partial charge in [0.15, 0.2) is 0 Å². The summed E-state index contributed by atoms with van der Waals surface area (Å²) in [5.74, 6) is 12.3. The average molecular weight is 441 g/mol. The van der Waals surface area contributed by atoms with E-state index in [0.29, 0.717) is 0 Å². The van der Waals surface area contributed by atoms with Crippen LogP contribution >= 0.6 is 0 Å². The zero-order valence-corrected chi connectivity index (χ0v) is 22.2. The standard InChI is InChI=1S/C32H56/c1-21-25-9-5-11-27(17-25)22(2)29-13-7-15-31(19-29)24(4)32-16-8-14-30(20-32)23(3)28-12-6-10-26(21)18-28/h21-32H,5-20H2,1-4H3. The van der Waals surface area contributed by atoms with Crippen molar-refractivity contribution in [2.24, 2.45) is 71.0 Å². The lowest BCUT2D eigenvalue weighted by Crippen LogP contribution is -2.38. The normalized spacial score (nSPS) is 52.9. The number of hydrogen-bond acceptors (Lipinski definition) is 0. The predicted molar refractivity (Wildman–Crippen MR) is 138 cm³/mol. The first-order valence-electron chi connectivity index (χ1n) is 15.5. The van der Waals surface area contributed by atoms with E-state index in [0.717, 1.165) is 71.0 Å². The minimum atomic E-state index is 0.992. The maximum Gasteiger partial charge on any atom is -0.0383 e. The molecule has 0 N–H and O–H groups in total. The molecule has 0 aromatic carbocycles. The first-order chi connectivity index (χ1) is 15.5. The molecule has 0 amide bonds. The Bertz CT molecular complexity index is 449. The topological polar surface area (TPSA) is 0 Å². The number of rotatable bonds is 0. The van der Waals surface area contributed by atoms with Gasteiger partial charge in [-0.05, 0) is 96.7 Å². The highest BCUT2D eigenvalue weighted by molar-refractivity contribution is 4.92. The van der Waals surface area contributed by atoms with E-state index in [4.69, 9.17) is 0 Å². The second-order valence-corrected chi connectivity index (χ2v) is 14.2. The molecule has 0 aliphatic heterocycles. The van der Waals surface area contributed by atoms with E-state index in [1.165, 1.54) is 25.7 Å². The molecule has 5 fully saturated rings. The molecule has 0 nitrogen and oxygen atoms in total. The van der Waals surface area contributed by atoms with Crippen LogP contribution in [0.3, 0.4) is 0 Å². The summed E-state index contributed by atoms with van der Waals surface area (Å²) in [7, 11) is 0. The van der Waals surface area contributed by atoms with Crippen molar-refractivity contribution in [1.29, 1.82) is 0 Å². The first-order valence-corrected chi connectivity index (χ1v) is 15.5. The van der Waals surface area contributed by atoms with Crippen molar-refractivity contribution in [3.63, 3.8) is 0 Å². The molecule has 5 aliphatic carbocycles. The van der Waals surface area contributed by atoms with Crippen molar-refractivity contribution in [3.8, 4) is 0 Å². The molecule has 0 saturated heterocycles. The summed E-state index contributed by atoms with van der Waals surface area (Å²) in [5, 5.41) is 0. The van der Waals surface area contributed by atoms with Crippen LogP contribution in [0.15, 0.2) is 0 Å². The van der Waals surface area contributed by atoms with E-state index in [1.54, 1.807) is 77.0 Å². The van der Waals surface area contributed by atoms with Gasteiger partial charge in [0.05, 0.1) is 0 Å². The SMILES string of the molecule is CC1C2CCCC(C2)C(C)C2CCCC(C2)C(C)C2CCCC(C2)C(C)C2CCCC1C2. The molecule has 8 unspecified atom stereocenters. The highest BCUT2D eigenvalue weighted by Crippen LogP contribution is 2.52. The van der Waals surface area contributed by atoms with Crippen LogP contribution in [0.2, 0.25) is 0 Å². The molecule has 184 valence electrons. The molecule has 8 atom stereocenters. The van der Waals surface area contributed by atoms with E-state index < -0.39 is 0 Å². The summed E-state index contributed by atoms with van der Waals surface area (Å²) in [6, 6.07) is 0. The Morgan fingerprint density at radius 3 is 0.594 bits per heavy atom. The molecule has 0 heterocycles. The van der Waals surface area contributed by atoms with E-state index in [1.807, 2.05) is 0 Å². The molecular weight excluding hydrogens is 384 g/mol. The summed E-state index contributed by atoms with van der Waals surface area (Å²) in [6.45, 7) is 10.8. The van der Waals surface area contributed by atoms with Crippen LogP contribution in [-0.4, -0.2) is 0 Å². The van der Waals surface area contributed by atoms with Crippen molar-refractivity contribution in [3.05, 3.63) is 0 Å². The minimum Gasteiger partial charge on any atom is -0.0620 e. The van der Waals surface area contributed by atoms with Gasteiger partial charge in [-0.3, -0.25) is 0 Å². The van der Waals surface area contributed by atoms with Crippen molar-refractivity contribution >= 4 is 0 Å². The molecule has 5 saturated carbocycles. The summed E-state index contributed by atoms with van der Waals surface area (Å²) >= 11 is 0. The lowest BCUT2D eigenvalue weighted by atomic mass is 9.58. The molecule has 0 spiro atoms. The van der Waals surface area contributed by atoms with Gasteiger partial charge in [0, 0.05) is 0 Å². The van der Waals surface area contributed by atoms with E-state index in [9.17, 15) is 0 Å². The summed E-state index contributed by atoms with van der Waals surface area (Å²) in [6.07, 6.45) is 24.9. The molecule has 0 radical (unpaired) electrons. The maximum atomic E-state index is 2.70. The van der Waals surface area contributed by atoms with Gasteiger partial charge in [0.2, 0.25) is 0 Å². The van der Waals surface area contributed by atoms with Crippen LogP contribution in [0.4, 0.5) is 0 Å². The Morgan fingerprint density at radius 2 is 0.438 bits per heavy atom. The van der Waals surface area contributed by atoms with Gasteiger partial charge in [0.1, 0.15) is 0 Å². The monoisotopic (exact) mass is 440 g/mol. The van der Waals surface area contributed by atoms with Crippen LogP contribution < -0.4 is 0 Å². The first kappa shape index (κ1) is 23.7. The molecular formula is C32H56. The Kier molecular flexibility index (Phi) is 7.65. The van der Waals surface area contributed by atoms with Crippen molar-refractivity contribution in [2.45, 2.75) is 130 Å². The predicted octanol–water partition coefficient (Wildman–Crippen LogP) is 9.77. The third-order valence-corrected chi connectivity index (χ3v) is 13.0. The third kappa shape index (κ3) is 4.87. The number of hydrogen-bond donors (Lipinski definition) is 0. The lowest BCUT2D eigenvalue weighted by Gasteiger charge is -2.47. The number of fused-ring (bicyclic) bond motifs is 8. The molecule has 0 aromatic heterocycles. The Hall–Kier alpha value is 0. The van der Waals surface area contributed by atoms with E-state index in [2.05, 4.69) is 27.7 Å². The zero-order valence-electron chi connectivity index (χ0n) is 22.2. The van der Waals surface area contributed by atoms with Gasteiger partial charge in [-0.2, -0.15) is 0 Å². The van der Waals surface area contributed by atoms with Gasteiger partial charge in [-0.25, -0.2) is 0 Å². The summed E-state index contributed by atoms with van der Waals surface area (Å²) in [4.78, 5) is 0. The van der Waals surface area contributed by atoms with Crippen LogP contribution in [0.5, 0.6) is 0 Å². The van der Waals surface area contributed by atoms with E-state index in [-0.39, 0.29) is 0 Å². The molecule has 32 heavy (non-hydrogen) atoms. The molecule has 5 rings (SSSR count). The molecule has 0 heteroatoms. The van der Waals surface area contributed by atoms with Crippen LogP contribution in [0.25, 0.3) is 0 Å². The van der Waals surface area contributed by atoms with Gasteiger partial charge < -0.3 is 0 Å². The van der Waals surface area contributed by atoms with Gasteiger partial charge >= 0.3 is 0 Å². The Balaban J connectivity index is 1.40. The summed E-state index contributed by atoms with van der Waals surface area (Å²) < 4.78 is 0. The highest BCUT2D eigenvalue weighted by Gasteiger charge is 2.42. The lowest BCUT2D eigenvalue weighted by molar-refractivity contribution is 0.0284. The average Bonchev–Trinajstić information content (AvgIpc) is 2.86. The minimum absolute atomic E-state index is 0.992. The zero-order chi connectivity index (χ0) is 22.2. The fourth-order valence-electron chi connectivity index (χ4n) is 10.4. The van der Waals surface area contributed by atoms with Crippen molar-refractivity contribution in [1.82, 2.24) is 0 Å². The second kappa shape index (κ2) is 10.3. The van der Waals surface area contributed by atoms with Crippen molar-refractivity contribution in [2.75, 3.05) is 0 Å². The Labute approximate surface area is 201 Å². The fraction of sp³-hybridized carbons (Fsp3) is 1.00. The second-order valence-electron chi connectivity index (χ2n) is 14.2. The van der Waals surface area contributed by atoms with E-state index >= 15 is 0 Å². The van der Waals surface area contributed by atoms with Crippen LogP contribution in [0, 0.1) is 71.0 Å². The Morgan fingerprint density at radius 1 is 0.281 bits per heavy atom. The largest absolute Gasteiger partial charge is 0.0620 e. The smallest absolute Gasteiger partial charge is 0.0383 e. The molecule has 8 bridgehead atoms. The molecule has 5 aliphatic rings. The maximum absolute atomic E-state index is 2.70. The van der Waals surface area contributed by atoms with Gasteiger partial charge in [-0.1, -0.05) is 105 Å².